The van der Waals surface area contributed by atoms with Crippen LogP contribution in [-0.4, -0.2) is 33.1 Å². The van der Waals surface area contributed by atoms with Crippen LogP contribution in [0.2, 0.25) is 5.15 Å². The van der Waals surface area contributed by atoms with Crippen molar-refractivity contribution in [1.82, 2.24) is 25.6 Å². The summed E-state index contributed by atoms with van der Waals surface area (Å²) < 4.78 is 1.71. The Labute approximate surface area is 142 Å². The van der Waals surface area contributed by atoms with Crippen LogP contribution >= 0.6 is 11.6 Å². The Morgan fingerprint density at radius 3 is 2.67 bits per heavy atom. The van der Waals surface area contributed by atoms with Crippen molar-refractivity contribution in [2.24, 2.45) is 0 Å². The van der Waals surface area contributed by atoms with Crippen LogP contribution < -0.4 is 16.2 Å². The highest BCUT2D eigenvalue weighted by molar-refractivity contribution is 6.35. The first kappa shape index (κ1) is 17.5. The first-order chi connectivity index (χ1) is 11.4. The predicted molar refractivity (Wildman–Crippen MR) is 88.8 cm³/mol. The van der Waals surface area contributed by atoms with Crippen molar-refractivity contribution in [3.63, 3.8) is 0 Å². The van der Waals surface area contributed by atoms with Crippen molar-refractivity contribution in [2.75, 3.05) is 0 Å². The second-order valence-electron chi connectivity index (χ2n) is 5.12. The number of aromatic nitrogens is 2. The molecule has 9 heteroatoms. The maximum absolute atomic E-state index is 11.7. The Hall–Kier alpha value is -2.87. The van der Waals surface area contributed by atoms with Gasteiger partial charge in [0.05, 0.1) is 5.69 Å². The molecule has 0 aliphatic rings. The zero-order valence-corrected chi connectivity index (χ0v) is 13.8. The van der Waals surface area contributed by atoms with Gasteiger partial charge in [-0.3, -0.25) is 29.6 Å². The standard InChI is InChI=1S/C15H16ClN5O3/c1-9(2)17-14(23)15(24)20-19-12(22)7-6-10-13(16)18-11-5-3-4-8-21(10)11/h3-9H,1-2H3,(H,17,23)(H,19,22)(H,20,24)/b7-6+. The second kappa shape index (κ2) is 7.60. The number of pyridine rings is 1. The molecular formula is C15H16ClN5O3. The van der Waals surface area contributed by atoms with Crippen molar-refractivity contribution in [3.8, 4) is 0 Å². The average Bonchev–Trinajstić information content (AvgIpc) is 2.85. The molecule has 2 aromatic heterocycles. The zero-order valence-electron chi connectivity index (χ0n) is 13.0. The summed E-state index contributed by atoms with van der Waals surface area (Å²) in [5, 5.41) is 2.64. The predicted octanol–water partition coefficient (Wildman–Crippen LogP) is 0.673. The lowest BCUT2D eigenvalue weighted by molar-refractivity contribution is -0.140. The van der Waals surface area contributed by atoms with Gasteiger partial charge in [-0.2, -0.15) is 0 Å². The van der Waals surface area contributed by atoms with Gasteiger partial charge < -0.3 is 5.32 Å². The summed E-state index contributed by atoms with van der Waals surface area (Å²) in [7, 11) is 0. The van der Waals surface area contributed by atoms with E-state index in [1.165, 1.54) is 12.2 Å². The molecule has 2 heterocycles. The number of amides is 3. The van der Waals surface area contributed by atoms with E-state index in [1.807, 2.05) is 11.5 Å². The van der Waals surface area contributed by atoms with Crippen LogP contribution in [0, 0.1) is 0 Å². The Balaban J connectivity index is 1.97. The van der Waals surface area contributed by atoms with Gasteiger partial charge in [0.15, 0.2) is 5.15 Å². The lowest BCUT2D eigenvalue weighted by Gasteiger charge is -2.08. The van der Waals surface area contributed by atoms with E-state index in [9.17, 15) is 14.4 Å². The maximum Gasteiger partial charge on any atom is 0.327 e. The van der Waals surface area contributed by atoms with E-state index in [1.54, 1.807) is 36.6 Å². The molecule has 0 spiro atoms. The van der Waals surface area contributed by atoms with Gasteiger partial charge in [0.25, 0.3) is 5.91 Å². The molecule has 24 heavy (non-hydrogen) atoms. The van der Waals surface area contributed by atoms with Crippen molar-refractivity contribution < 1.29 is 14.4 Å². The number of fused-ring (bicyclic) bond motifs is 1. The van der Waals surface area contributed by atoms with E-state index in [0.29, 0.717) is 11.3 Å². The molecule has 2 aromatic rings. The van der Waals surface area contributed by atoms with Crippen LogP contribution in [0.3, 0.4) is 0 Å². The smallest absolute Gasteiger partial charge is 0.327 e. The van der Waals surface area contributed by atoms with Gasteiger partial charge in [-0.1, -0.05) is 17.7 Å². The molecule has 126 valence electrons. The first-order valence-corrected chi connectivity index (χ1v) is 7.47. The molecule has 0 atom stereocenters. The van der Waals surface area contributed by atoms with Gasteiger partial charge in [0.1, 0.15) is 5.65 Å². The Morgan fingerprint density at radius 2 is 1.96 bits per heavy atom. The van der Waals surface area contributed by atoms with E-state index in [0.717, 1.165) is 0 Å². The molecule has 0 aromatic carbocycles. The fraction of sp³-hybridized carbons (Fsp3) is 0.200. The summed E-state index contributed by atoms with van der Waals surface area (Å²) in [4.78, 5) is 38.7. The molecule has 8 nitrogen and oxygen atoms in total. The van der Waals surface area contributed by atoms with E-state index < -0.39 is 17.7 Å². The highest BCUT2D eigenvalue weighted by Crippen LogP contribution is 2.18. The zero-order chi connectivity index (χ0) is 17.7. The first-order valence-electron chi connectivity index (χ1n) is 7.10. The molecule has 0 saturated heterocycles. The van der Waals surface area contributed by atoms with Gasteiger partial charge in [0.2, 0.25) is 0 Å². The third kappa shape index (κ3) is 4.32. The Morgan fingerprint density at radius 1 is 1.21 bits per heavy atom. The Bertz CT molecular complexity index is 813. The molecule has 0 radical (unpaired) electrons. The van der Waals surface area contributed by atoms with Gasteiger partial charge >= 0.3 is 11.8 Å². The summed E-state index contributed by atoms with van der Waals surface area (Å²) in [6.07, 6.45) is 4.38. The molecule has 0 bridgehead atoms. The number of hydrogen-bond donors (Lipinski definition) is 3. The monoisotopic (exact) mass is 349 g/mol. The molecule has 0 aliphatic carbocycles. The SMILES string of the molecule is CC(C)NC(=O)C(=O)NNC(=O)/C=C/c1c(Cl)nc2ccccn12. The fourth-order valence-electron chi connectivity index (χ4n) is 1.83. The van der Waals surface area contributed by atoms with Crippen LogP contribution in [0.1, 0.15) is 19.5 Å². The van der Waals surface area contributed by atoms with Crippen molar-refractivity contribution >= 4 is 41.0 Å². The third-order valence-electron chi connectivity index (χ3n) is 2.84. The minimum atomic E-state index is -0.960. The minimum absolute atomic E-state index is 0.184. The van der Waals surface area contributed by atoms with E-state index in [-0.39, 0.29) is 11.2 Å². The fourth-order valence-corrected chi connectivity index (χ4v) is 2.07. The van der Waals surface area contributed by atoms with Crippen LogP contribution in [0.5, 0.6) is 0 Å². The molecule has 2 rings (SSSR count). The number of rotatable bonds is 3. The van der Waals surface area contributed by atoms with Crippen molar-refractivity contribution in [2.45, 2.75) is 19.9 Å². The van der Waals surface area contributed by atoms with E-state index >= 15 is 0 Å². The largest absolute Gasteiger partial charge is 0.346 e. The quantitative estimate of drug-likeness (QED) is 0.430. The number of hydrazine groups is 1. The lowest BCUT2D eigenvalue weighted by atomic mass is 10.4. The molecular weight excluding hydrogens is 334 g/mol. The summed E-state index contributed by atoms with van der Waals surface area (Å²) in [5.41, 5.74) is 5.28. The van der Waals surface area contributed by atoms with Crippen LogP contribution in [-0.2, 0) is 14.4 Å². The topological polar surface area (TPSA) is 105 Å². The maximum atomic E-state index is 11.7. The second-order valence-corrected chi connectivity index (χ2v) is 5.48. The average molecular weight is 350 g/mol. The molecule has 0 unspecified atom stereocenters. The summed E-state index contributed by atoms with van der Waals surface area (Å²) in [5.74, 6) is -2.42. The van der Waals surface area contributed by atoms with Gasteiger partial charge in [-0.05, 0) is 32.1 Å². The van der Waals surface area contributed by atoms with Gasteiger partial charge in [0, 0.05) is 18.3 Å². The number of carbonyl (C=O) groups is 3. The molecule has 0 fully saturated rings. The molecule has 3 N–H and O–H groups in total. The highest BCUT2D eigenvalue weighted by Gasteiger charge is 2.14. The van der Waals surface area contributed by atoms with Crippen LogP contribution in [0.15, 0.2) is 30.5 Å². The molecule has 3 amide bonds. The number of nitrogens with zero attached hydrogens (tertiary/aromatic N) is 2. The molecule has 0 aliphatic heterocycles. The van der Waals surface area contributed by atoms with Crippen LogP contribution in [0.25, 0.3) is 11.7 Å². The normalized spacial score (nSPS) is 11.0. The number of carbonyl (C=O) groups excluding carboxylic acids is 3. The molecule has 0 saturated carbocycles. The Kier molecular flexibility index (Phi) is 5.54. The van der Waals surface area contributed by atoms with Crippen molar-refractivity contribution in [1.29, 1.82) is 0 Å². The number of nitrogens with one attached hydrogen (secondary N) is 3. The van der Waals surface area contributed by atoms with Crippen LogP contribution in [0.4, 0.5) is 0 Å². The van der Waals surface area contributed by atoms with E-state index in [2.05, 4.69) is 15.7 Å². The van der Waals surface area contributed by atoms with Gasteiger partial charge in [-0.15, -0.1) is 0 Å². The highest BCUT2D eigenvalue weighted by atomic mass is 35.5. The van der Waals surface area contributed by atoms with Gasteiger partial charge in [-0.25, -0.2) is 4.98 Å². The number of halogens is 1. The van der Waals surface area contributed by atoms with E-state index in [4.69, 9.17) is 11.6 Å². The summed E-state index contributed by atoms with van der Waals surface area (Å²) >= 11 is 6.03. The lowest BCUT2D eigenvalue weighted by Crippen LogP contribution is -2.49. The number of imidazole rings is 1. The summed E-state index contributed by atoms with van der Waals surface area (Å²) in [6.45, 7) is 3.43. The summed E-state index contributed by atoms with van der Waals surface area (Å²) in [6, 6.07) is 5.21. The minimum Gasteiger partial charge on any atom is -0.346 e. The third-order valence-corrected chi connectivity index (χ3v) is 3.12. The van der Waals surface area contributed by atoms with Crippen molar-refractivity contribution in [3.05, 3.63) is 41.3 Å². The number of hydrogen-bond acceptors (Lipinski definition) is 4.